The van der Waals surface area contributed by atoms with Gasteiger partial charge in [0.1, 0.15) is 5.69 Å². The highest BCUT2D eigenvalue weighted by atomic mass is 16.5. The number of aromatic nitrogens is 3. The normalized spacial score (nSPS) is 15.8. The second-order valence-corrected chi connectivity index (χ2v) is 6.15. The topological polar surface area (TPSA) is 104 Å². The van der Waals surface area contributed by atoms with Crippen molar-refractivity contribution in [2.75, 3.05) is 26.2 Å². The van der Waals surface area contributed by atoms with Gasteiger partial charge in [-0.3, -0.25) is 9.69 Å². The first kappa shape index (κ1) is 15.8. The molecule has 130 valence electrons. The van der Waals surface area contributed by atoms with E-state index in [0.29, 0.717) is 37.0 Å². The van der Waals surface area contributed by atoms with Crippen molar-refractivity contribution in [2.45, 2.75) is 13.1 Å². The van der Waals surface area contributed by atoms with Crippen LogP contribution in [0.3, 0.4) is 0 Å². The molecule has 0 saturated carbocycles. The van der Waals surface area contributed by atoms with E-state index < -0.39 is 0 Å². The molecule has 1 aliphatic heterocycles. The highest BCUT2D eigenvalue weighted by Gasteiger charge is 2.24. The number of carbonyl (C=O) groups is 1. The maximum absolute atomic E-state index is 12.7. The molecule has 0 radical (unpaired) electrons. The van der Waals surface area contributed by atoms with Crippen LogP contribution in [0.5, 0.6) is 0 Å². The minimum atomic E-state index is 0.0424. The van der Waals surface area contributed by atoms with Crippen LogP contribution in [0.1, 0.15) is 22.2 Å². The molecule has 0 spiro atoms. The second-order valence-electron chi connectivity index (χ2n) is 6.15. The molecule has 8 nitrogen and oxygen atoms in total. The summed E-state index contributed by atoms with van der Waals surface area (Å²) in [6.07, 6.45) is 0. The number of carbonyl (C=O) groups excluding carboxylic acids is 1. The number of benzene rings is 1. The van der Waals surface area contributed by atoms with Gasteiger partial charge in [-0.25, -0.2) is 0 Å². The van der Waals surface area contributed by atoms with Crippen molar-refractivity contribution in [3.05, 3.63) is 47.7 Å². The Labute approximate surface area is 144 Å². The van der Waals surface area contributed by atoms with E-state index >= 15 is 0 Å². The van der Waals surface area contributed by atoms with Gasteiger partial charge >= 0.3 is 0 Å². The number of hydrogen-bond donors (Lipinski definition) is 2. The molecule has 1 amide bonds. The molecule has 0 atom stereocenters. The number of rotatable bonds is 4. The molecule has 3 N–H and O–H groups in total. The fourth-order valence-electron chi connectivity index (χ4n) is 3.11. The van der Waals surface area contributed by atoms with Crippen LogP contribution < -0.4 is 5.73 Å². The Morgan fingerprint density at radius 1 is 1.24 bits per heavy atom. The number of piperazine rings is 1. The maximum atomic E-state index is 12.7. The quantitative estimate of drug-likeness (QED) is 0.733. The largest absolute Gasteiger partial charge is 0.351 e. The number of nitrogens with one attached hydrogen (secondary N) is 1. The zero-order chi connectivity index (χ0) is 17.2. The molecule has 1 aliphatic rings. The van der Waals surface area contributed by atoms with Gasteiger partial charge in [-0.1, -0.05) is 23.4 Å². The average molecular weight is 340 g/mol. The fraction of sp³-hybridized carbons (Fsp3) is 0.353. The number of hydrogen-bond acceptors (Lipinski definition) is 6. The molecule has 1 fully saturated rings. The Balaban J connectivity index is 1.36. The van der Waals surface area contributed by atoms with E-state index in [1.807, 2.05) is 35.2 Å². The van der Waals surface area contributed by atoms with Crippen molar-refractivity contribution in [3.63, 3.8) is 0 Å². The molecule has 25 heavy (non-hydrogen) atoms. The maximum Gasteiger partial charge on any atom is 0.270 e. The Hall–Kier alpha value is -2.71. The number of nitrogens with zero attached hydrogens (tertiary/aromatic N) is 4. The lowest BCUT2D eigenvalue weighted by Crippen LogP contribution is -2.48. The number of fused-ring (bicyclic) bond motifs is 1. The van der Waals surface area contributed by atoms with Gasteiger partial charge in [-0.2, -0.15) is 4.98 Å². The molecular weight excluding hydrogens is 320 g/mol. The smallest absolute Gasteiger partial charge is 0.270 e. The van der Waals surface area contributed by atoms with Crippen molar-refractivity contribution in [1.29, 1.82) is 0 Å². The van der Waals surface area contributed by atoms with E-state index in [1.54, 1.807) is 0 Å². The van der Waals surface area contributed by atoms with Crippen molar-refractivity contribution >= 4 is 16.8 Å². The average Bonchev–Trinajstić information content (AvgIpc) is 3.28. The van der Waals surface area contributed by atoms with Crippen molar-refractivity contribution in [2.24, 2.45) is 5.73 Å². The van der Waals surface area contributed by atoms with Crippen LogP contribution in [0, 0.1) is 0 Å². The van der Waals surface area contributed by atoms with Gasteiger partial charge in [0.25, 0.3) is 5.91 Å². The predicted molar refractivity (Wildman–Crippen MR) is 91.7 cm³/mol. The van der Waals surface area contributed by atoms with E-state index in [-0.39, 0.29) is 12.5 Å². The van der Waals surface area contributed by atoms with Crippen LogP contribution >= 0.6 is 0 Å². The molecule has 1 saturated heterocycles. The van der Waals surface area contributed by atoms with Gasteiger partial charge < -0.3 is 20.1 Å². The molecule has 3 heterocycles. The molecule has 4 rings (SSSR count). The Morgan fingerprint density at radius 2 is 2.04 bits per heavy atom. The van der Waals surface area contributed by atoms with Crippen LogP contribution in [-0.4, -0.2) is 57.0 Å². The summed E-state index contributed by atoms with van der Waals surface area (Å²) in [6, 6.07) is 9.82. The van der Waals surface area contributed by atoms with Gasteiger partial charge in [0.15, 0.2) is 5.82 Å². The summed E-state index contributed by atoms with van der Waals surface area (Å²) in [5, 5.41) is 4.97. The summed E-state index contributed by atoms with van der Waals surface area (Å²) in [4.78, 5) is 24.2. The number of H-pyrrole nitrogens is 1. The van der Waals surface area contributed by atoms with Gasteiger partial charge in [-0.05, 0) is 12.1 Å². The van der Waals surface area contributed by atoms with E-state index in [2.05, 4.69) is 20.0 Å². The lowest BCUT2D eigenvalue weighted by Gasteiger charge is -2.33. The van der Waals surface area contributed by atoms with Crippen LogP contribution in [0.15, 0.2) is 34.9 Å². The molecular formula is C17H20N6O2. The number of aromatic amines is 1. The first-order valence-corrected chi connectivity index (χ1v) is 8.34. The van der Waals surface area contributed by atoms with Gasteiger partial charge in [-0.15, -0.1) is 0 Å². The van der Waals surface area contributed by atoms with E-state index in [0.717, 1.165) is 24.0 Å². The molecule has 0 unspecified atom stereocenters. The van der Waals surface area contributed by atoms with Crippen molar-refractivity contribution in [1.82, 2.24) is 24.9 Å². The number of para-hydroxylation sites is 1. The van der Waals surface area contributed by atoms with E-state index in [4.69, 9.17) is 10.3 Å². The van der Waals surface area contributed by atoms with Crippen molar-refractivity contribution < 1.29 is 9.32 Å². The summed E-state index contributed by atoms with van der Waals surface area (Å²) in [5.41, 5.74) is 7.10. The van der Waals surface area contributed by atoms with E-state index in [9.17, 15) is 4.79 Å². The zero-order valence-corrected chi connectivity index (χ0v) is 13.8. The molecule has 0 aliphatic carbocycles. The Kier molecular flexibility index (Phi) is 4.21. The van der Waals surface area contributed by atoms with Gasteiger partial charge in [0, 0.05) is 37.1 Å². The molecule has 3 aromatic rings. The summed E-state index contributed by atoms with van der Waals surface area (Å²) in [7, 11) is 0. The summed E-state index contributed by atoms with van der Waals surface area (Å²) >= 11 is 0. The molecule has 8 heteroatoms. The number of amides is 1. The van der Waals surface area contributed by atoms with Crippen LogP contribution in [-0.2, 0) is 13.1 Å². The molecule has 0 bridgehead atoms. The van der Waals surface area contributed by atoms with Crippen LogP contribution in [0.25, 0.3) is 10.9 Å². The van der Waals surface area contributed by atoms with E-state index in [1.165, 1.54) is 0 Å². The lowest BCUT2D eigenvalue weighted by atomic mass is 10.2. The summed E-state index contributed by atoms with van der Waals surface area (Å²) < 4.78 is 5.02. The fourth-order valence-corrected chi connectivity index (χ4v) is 3.11. The third-order valence-corrected chi connectivity index (χ3v) is 4.47. The monoisotopic (exact) mass is 340 g/mol. The minimum absolute atomic E-state index is 0.0424. The summed E-state index contributed by atoms with van der Waals surface area (Å²) in [5.74, 6) is 1.12. The third kappa shape index (κ3) is 3.26. The highest BCUT2D eigenvalue weighted by Crippen LogP contribution is 2.17. The first-order valence-electron chi connectivity index (χ1n) is 8.34. The van der Waals surface area contributed by atoms with Crippen LogP contribution in [0.2, 0.25) is 0 Å². The predicted octanol–water partition coefficient (Wildman–Crippen LogP) is 0.968. The standard InChI is InChI=1S/C17H20N6O2/c18-10-16-20-15(21-25-16)11-22-5-7-23(8-6-22)17(24)14-9-12-3-1-2-4-13(12)19-14/h1-4,9,19H,5-8,10-11,18H2. The van der Waals surface area contributed by atoms with Gasteiger partial charge in [0.2, 0.25) is 5.89 Å². The second kappa shape index (κ2) is 6.66. The Morgan fingerprint density at radius 3 is 2.76 bits per heavy atom. The lowest BCUT2D eigenvalue weighted by molar-refractivity contribution is 0.0619. The minimum Gasteiger partial charge on any atom is -0.351 e. The Bertz CT molecular complexity index is 845. The first-order chi connectivity index (χ1) is 12.2. The van der Waals surface area contributed by atoms with Crippen molar-refractivity contribution in [3.8, 4) is 0 Å². The molecule has 1 aromatic carbocycles. The zero-order valence-electron chi connectivity index (χ0n) is 13.8. The highest BCUT2D eigenvalue weighted by molar-refractivity contribution is 5.98. The summed E-state index contributed by atoms with van der Waals surface area (Å²) in [6.45, 7) is 3.76. The molecule has 2 aromatic heterocycles. The van der Waals surface area contributed by atoms with Crippen LogP contribution in [0.4, 0.5) is 0 Å². The SMILES string of the molecule is NCc1nc(CN2CCN(C(=O)c3cc4ccccc4[nH]3)CC2)no1. The third-order valence-electron chi connectivity index (χ3n) is 4.47. The number of nitrogens with two attached hydrogens (primary N) is 1. The van der Waals surface area contributed by atoms with Gasteiger partial charge in [0.05, 0.1) is 13.1 Å².